The topological polar surface area (TPSA) is 91.2 Å². The summed E-state index contributed by atoms with van der Waals surface area (Å²) in [6.07, 6.45) is 6.36. The lowest BCUT2D eigenvalue weighted by molar-refractivity contribution is 0.0116. The average Bonchev–Trinajstić information content (AvgIpc) is 3.37. The highest BCUT2D eigenvalue weighted by atomic mass is 32.1. The number of aromatic nitrogens is 3. The van der Waals surface area contributed by atoms with Crippen molar-refractivity contribution in [1.82, 2.24) is 15.0 Å². The maximum Gasteiger partial charge on any atom is 0.275 e. The van der Waals surface area contributed by atoms with Gasteiger partial charge in [-0.3, -0.25) is 9.78 Å². The van der Waals surface area contributed by atoms with Crippen molar-refractivity contribution < 1.29 is 9.90 Å². The number of carbonyl (C=O) groups is 1. The van der Waals surface area contributed by atoms with E-state index in [2.05, 4.69) is 25.2 Å². The van der Waals surface area contributed by atoms with Gasteiger partial charge in [0.25, 0.3) is 5.91 Å². The number of pyridine rings is 2. The Balaban J connectivity index is 1.20. The van der Waals surface area contributed by atoms with Crippen LogP contribution < -0.4 is 10.2 Å². The summed E-state index contributed by atoms with van der Waals surface area (Å²) in [5, 5.41) is 16.4. The Kier molecular flexibility index (Phi) is 5.85. The fraction of sp³-hybridized carbons (Fsp3) is 0.200. The van der Waals surface area contributed by atoms with E-state index in [0.29, 0.717) is 37.3 Å². The van der Waals surface area contributed by atoms with Crippen LogP contribution in [0.5, 0.6) is 0 Å². The molecule has 0 spiro atoms. The summed E-state index contributed by atoms with van der Waals surface area (Å²) in [4.78, 5) is 27.8. The van der Waals surface area contributed by atoms with E-state index in [1.165, 1.54) is 11.3 Å². The molecule has 0 radical (unpaired) electrons. The molecule has 1 aliphatic heterocycles. The average molecular weight is 458 g/mol. The zero-order valence-electron chi connectivity index (χ0n) is 17.9. The van der Waals surface area contributed by atoms with Gasteiger partial charge in [0, 0.05) is 36.4 Å². The number of nitrogens with zero attached hydrogens (tertiary/aromatic N) is 4. The molecule has 1 aromatic carbocycles. The molecule has 4 heterocycles. The molecule has 5 rings (SSSR count). The van der Waals surface area contributed by atoms with Crippen molar-refractivity contribution in [3.63, 3.8) is 0 Å². The van der Waals surface area contributed by atoms with Gasteiger partial charge in [-0.05, 0) is 42.7 Å². The molecule has 0 atom stereocenters. The molecule has 0 bridgehead atoms. The van der Waals surface area contributed by atoms with Gasteiger partial charge in [0.15, 0.2) is 0 Å². The van der Waals surface area contributed by atoms with Crippen LogP contribution in [0.4, 0.5) is 11.5 Å². The van der Waals surface area contributed by atoms with Gasteiger partial charge in [-0.15, -0.1) is 11.3 Å². The minimum atomic E-state index is -0.798. The lowest BCUT2D eigenvalue weighted by Crippen LogP contribution is -2.42. The summed E-state index contributed by atoms with van der Waals surface area (Å²) in [7, 11) is 0. The molecule has 4 aromatic rings. The molecule has 8 heteroatoms. The molecule has 0 unspecified atom stereocenters. The van der Waals surface area contributed by atoms with Crippen LogP contribution in [0.15, 0.2) is 78.6 Å². The normalized spacial score (nSPS) is 15.2. The minimum Gasteiger partial charge on any atom is -0.385 e. The van der Waals surface area contributed by atoms with Crippen LogP contribution >= 0.6 is 11.3 Å². The van der Waals surface area contributed by atoms with E-state index in [4.69, 9.17) is 0 Å². The number of thiazole rings is 1. The maximum absolute atomic E-state index is 12.6. The van der Waals surface area contributed by atoms with Crippen molar-refractivity contribution in [2.75, 3.05) is 23.3 Å². The van der Waals surface area contributed by atoms with Crippen molar-refractivity contribution in [2.45, 2.75) is 18.4 Å². The molecule has 1 aliphatic rings. The van der Waals surface area contributed by atoms with E-state index in [0.717, 1.165) is 22.0 Å². The molecule has 1 amide bonds. The second-order valence-corrected chi connectivity index (χ2v) is 8.88. The van der Waals surface area contributed by atoms with Gasteiger partial charge in [-0.1, -0.05) is 30.3 Å². The SMILES string of the molecule is O=C(Nc1ccc(N2CCC(O)(c3ccccc3)CC2)nc1)c1csc(-c2cccnc2)n1. The van der Waals surface area contributed by atoms with E-state index in [1.54, 1.807) is 24.0 Å². The zero-order valence-corrected chi connectivity index (χ0v) is 18.7. The summed E-state index contributed by atoms with van der Waals surface area (Å²) in [5.41, 5.74) is 2.02. The zero-order chi connectivity index (χ0) is 22.7. The second kappa shape index (κ2) is 9.09. The van der Waals surface area contributed by atoms with Gasteiger partial charge in [-0.25, -0.2) is 9.97 Å². The smallest absolute Gasteiger partial charge is 0.275 e. The Bertz CT molecular complexity index is 1220. The van der Waals surface area contributed by atoms with Crippen LogP contribution in [-0.4, -0.2) is 39.1 Å². The summed E-state index contributed by atoms with van der Waals surface area (Å²) < 4.78 is 0. The summed E-state index contributed by atoms with van der Waals surface area (Å²) in [6.45, 7) is 1.42. The first kappa shape index (κ1) is 21.2. The molecule has 1 saturated heterocycles. The molecule has 166 valence electrons. The van der Waals surface area contributed by atoms with E-state index in [9.17, 15) is 9.90 Å². The highest BCUT2D eigenvalue weighted by molar-refractivity contribution is 7.13. The highest BCUT2D eigenvalue weighted by Crippen LogP contribution is 2.34. The monoisotopic (exact) mass is 457 g/mol. The number of rotatable bonds is 5. The Morgan fingerprint density at radius 1 is 1.03 bits per heavy atom. The number of carbonyl (C=O) groups excluding carboxylic acids is 1. The molecule has 7 nitrogen and oxygen atoms in total. The van der Waals surface area contributed by atoms with E-state index in [-0.39, 0.29) is 5.91 Å². The lowest BCUT2D eigenvalue weighted by Gasteiger charge is -2.39. The number of aliphatic hydroxyl groups is 1. The number of benzene rings is 1. The molecule has 2 N–H and O–H groups in total. The predicted molar refractivity (Wildman–Crippen MR) is 129 cm³/mol. The Morgan fingerprint density at radius 3 is 2.55 bits per heavy atom. The van der Waals surface area contributed by atoms with Gasteiger partial charge < -0.3 is 15.3 Å². The molecule has 33 heavy (non-hydrogen) atoms. The number of nitrogens with one attached hydrogen (secondary N) is 1. The van der Waals surface area contributed by atoms with Crippen LogP contribution in [0, 0.1) is 0 Å². The van der Waals surface area contributed by atoms with Gasteiger partial charge in [-0.2, -0.15) is 0 Å². The lowest BCUT2D eigenvalue weighted by atomic mass is 9.84. The Labute approximate surface area is 195 Å². The van der Waals surface area contributed by atoms with E-state index in [1.807, 2.05) is 54.6 Å². The number of piperidine rings is 1. The maximum atomic E-state index is 12.6. The summed E-state index contributed by atoms with van der Waals surface area (Å²) in [5.74, 6) is 0.553. The first-order chi connectivity index (χ1) is 16.1. The fourth-order valence-corrected chi connectivity index (χ4v) is 4.78. The van der Waals surface area contributed by atoms with Crippen molar-refractivity contribution >= 4 is 28.7 Å². The van der Waals surface area contributed by atoms with E-state index < -0.39 is 5.60 Å². The molecule has 3 aromatic heterocycles. The molecule has 0 aliphatic carbocycles. The number of hydrogen-bond acceptors (Lipinski definition) is 7. The third-order valence-electron chi connectivity index (χ3n) is 5.88. The first-order valence-corrected chi connectivity index (χ1v) is 11.6. The van der Waals surface area contributed by atoms with Crippen molar-refractivity contribution in [3.8, 4) is 10.6 Å². The molecule has 0 saturated carbocycles. The van der Waals surface area contributed by atoms with Gasteiger partial charge in [0.2, 0.25) is 0 Å². The van der Waals surface area contributed by atoms with Crippen LogP contribution in [0.3, 0.4) is 0 Å². The van der Waals surface area contributed by atoms with Crippen molar-refractivity contribution in [2.24, 2.45) is 0 Å². The standard InChI is InChI=1S/C25H23N5O2S/c31-23(21-17-33-24(29-21)18-5-4-12-26-15-18)28-20-8-9-22(27-16-20)30-13-10-25(32,11-14-30)19-6-2-1-3-7-19/h1-9,12,15-17,32H,10-11,13-14H2,(H,28,31). The third kappa shape index (κ3) is 4.62. The first-order valence-electron chi connectivity index (χ1n) is 10.8. The van der Waals surface area contributed by atoms with Crippen molar-refractivity contribution in [3.05, 3.63) is 89.8 Å². The largest absolute Gasteiger partial charge is 0.385 e. The van der Waals surface area contributed by atoms with Crippen LogP contribution in [0.25, 0.3) is 10.6 Å². The van der Waals surface area contributed by atoms with Gasteiger partial charge in [0.1, 0.15) is 16.5 Å². The quantitative estimate of drug-likeness (QED) is 0.463. The van der Waals surface area contributed by atoms with Crippen LogP contribution in [0.1, 0.15) is 28.9 Å². The predicted octanol–water partition coefficient (Wildman–Crippen LogP) is 4.34. The minimum absolute atomic E-state index is 0.276. The Morgan fingerprint density at radius 2 is 1.85 bits per heavy atom. The Hall–Kier alpha value is -3.62. The van der Waals surface area contributed by atoms with E-state index >= 15 is 0 Å². The van der Waals surface area contributed by atoms with Crippen LogP contribution in [0.2, 0.25) is 0 Å². The van der Waals surface area contributed by atoms with Gasteiger partial charge >= 0.3 is 0 Å². The number of hydrogen-bond donors (Lipinski definition) is 2. The van der Waals surface area contributed by atoms with Crippen molar-refractivity contribution in [1.29, 1.82) is 0 Å². The summed E-state index contributed by atoms with van der Waals surface area (Å²) in [6, 6.07) is 17.3. The van der Waals surface area contributed by atoms with Gasteiger partial charge in [0.05, 0.1) is 17.5 Å². The summed E-state index contributed by atoms with van der Waals surface area (Å²) >= 11 is 1.41. The second-order valence-electron chi connectivity index (χ2n) is 8.02. The number of anilines is 2. The molecular formula is C25H23N5O2S. The number of amides is 1. The molecular weight excluding hydrogens is 434 g/mol. The fourth-order valence-electron chi connectivity index (χ4n) is 3.98. The molecule has 1 fully saturated rings. The van der Waals surface area contributed by atoms with Crippen LogP contribution in [-0.2, 0) is 5.60 Å². The highest BCUT2D eigenvalue weighted by Gasteiger charge is 2.34. The third-order valence-corrected chi connectivity index (χ3v) is 6.77.